The van der Waals surface area contributed by atoms with E-state index in [0.717, 1.165) is 16.8 Å². The summed E-state index contributed by atoms with van der Waals surface area (Å²) in [7, 11) is 0. The average Bonchev–Trinajstić information content (AvgIpc) is 3.25. The summed E-state index contributed by atoms with van der Waals surface area (Å²) >= 11 is 11.8. The number of carbonyl (C=O) groups is 2. The van der Waals surface area contributed by atoms with Crippen LogP contribution < -0.4 is 10.6 Å². The van der Waals surface area contributed by atoms with Crippen molar-refractivity contribution in [2.45, 2.75) is 20.3 Å². The lowest BCUT2D eigenvalue weighted by atomic mass is 10.1. The minimum absolute atomic E-state index is 0.130. The second-order valence-electron chi connectivity index (χ2n) is 6.46. The monoisotopic (exact) mass is 376 g/mol. The lowest BCUT2D eigenvalue weighted by Crippen LogP contribution is -2.20. The van der Waals surface area contributed by atoms with Gasteiger partial charge in [0.15, 0.2) is 0 Å². The minimum atomic E-state index is -0.330. The van der Waals surface area contributed by atoms with Gasteiger partial charge in [-0.3, -0.25) is 9.59 Å². The van der Waals surface area contributed by atoms with Crippen LogP contribution in [0.1, 0.15) is 17.5 Å². The first-order valence-corrected chi connectivity index (χ1v) is 8.73. The van der Waals surface area contributed by atoms with Gasteiger partial charge in [-0.2, -0.15) is 0 Å². The first-order valence-electron chi connectivity index (χ1n) is 7.98. The number of anilines is 2. The Labute approximate surface area is 156 Å². The Morgan fingerprint density at radius 1 is 0.800 bits per heavy atom. The molecule has 6 heteroatoms. The molecule has 1 aliphatic carbocycles. The van der Waals surface area contributed by atoms with E-state index in [0.29, 0.717) is 22.2 Å². The van der Waals surface area contributed by atoms with Crippen molar-refractivity contribution in [1.29, 1.82) is 0 Å². The van der Waals surface area contributed by atoms with Gasteiger partial charge in [-0.15, -0.1) is 0 Å². The Morgan fingerprint density at radius 2 is 1.24 bits per heavy atom. The third kappa shape index (κ3) is 4.53. The maximum atomic E-state index is 12.3. The lowest BCUT2D eigenvalue weighted by molar-refractivity contribution is -0.122. The summed E-state index contributed by atoms with van der Waals surface area (Å²) in [5, 5.41) is 6.55. The molecule has 3 rings (SSSR count). The molecule has 0 radical (unpaired) electrons. The molecular formula is C19H18Cl2N2O2. The fourth-order valence-corrected chi connectivity index (χ4v) is 3.44. The molecule has 0 bridgehead atoms. The molecule has 2 aromatic rings. The van der Waals surface area contributed by atoms with Gasteiger partial charge in [0, 0.05) is 21.4 Å². The average molecular weight is 377 g/mol. The van der Waals surface area contributed by atoms with Crippen molar-refractivity contribution in [2.24, 2.45) is 11.8 Å². The first kappa shape index (κ1) is 17.8. The number of halogens is 2. The summed E-state index contributed by atoms with van der Waals surface area (Å²) in [6.45, 7) is 3.96. The zero-order valence-corrected chi connectivity index (χ0v) is 15.4. The molecule has 130 valence electrons. The van der Waals surface area contributed by atoms with Crippen LogP contribution in [0, 0.1) is 25.7 Å². The normalized spacial score (nSPS) is 18.6. The van der Waals surface area contributed by atoms with Crippen molar-refractivity contribution in [3.8, 4) is 0 Å². The summed E-state index contributed by atoms with van der Waals surface area (Å²) in [5.41, 5.74) is 3.45. The fourth-order valence-electron chi connectivity index (χ4n) is 2.92. The molecule has 25 heavy (non-hydrogen) atoms. The SMILES string of the molecule is Cc1cc(C)cc(NC(=O)C2CC2C(=O)Nc2cc(Cl)cc(Cl)c2)c1. The van der Waals surface area contributed by atoms with Crippen LogP contribution in [0.5, 0.6) is 0 Å². The van der Waals surface area contributed by atoms with Crippen LogP contribution in [0.15, 0.2) is 36.4 Å². The van der Waals surface area contributed by atoms with Crippen LogP contribution in [-0.4, -0.2) is 11.8 Å². The molecular weight excluding hydrogens is 359 g/mol. The molecule has 0 saturated heterocycles. The van der Waals surface area contributed by atoms with E-state index in [-0.39, 0.29) is 23.7 Å². The quantitative estimate of drug-likeness (QED) is 0.802. The Kier molecular flexibility index (Phi) is 5.02. The number of amides is 2. The van der Waals surface area contributed by atoms with Crippen LogP contribution >= 0.6 is 23.2 Å². The van der Waals surface area contributed by atoms with Gasteiger partial charge in [-0.05, 0) is 61.7 Å². The van der Waals surface area contributed by atoms with Crippen molar-refractivity contribution in [3.05, 3.63) is 57.6 Å². The standard InChI is InChI=1S/C19H18Cl2N2O2/c1-10-3-11(2)5-14(4-10)22-18(24)16-9-17(16)19(25)23-15-7-12(20)6-13(21)8-15/h3-8,16-17H,9H2,1-2H3,(H,22,24)(H,23,25). The van der Waals surface area contributed by atoms with Crippen molar-refractivity contribution in [2.75, 3.05) is 10.6 Å². The molecule has 1 saturated carbocycles. The Balaban J connectivity index is 1.59. The van der Waals surface area contributed by atoms with Gasteiger partial charge >= 0.3 is 0 Å². The number of hydrogen-bond acceptors (Lipinski definition) is 2. The van der Waals surface area contributed by atoms with E-state index in [1.807, 2.05) is 32.0 Å². The van der Waals surface area contributed by atoms with Gasteiger partial charge in [0.05, 0.1) is 11.8 Å². The summed E-state index contributed by atoms with van der Waals surface area (Å²) in [6.07, 6.45) is 0.538. The predicted octanol–water partition coefficient (Wildman–Crippen LogP) is 4.82. The Morgan fingerprint density at radius 3 is 1.72 bits per heavy atom. The van der Waals surface area contributed by atoms with Crippen LogP contribution in [0.3, 0.4) is 0 Å². The smallest absolute Gasteiger partial charge is 0.228 e. The number of benzene rings is 2. The highest BCUT2D eigenvalue weighted by Gasteiger charge is 2.48. The van der Waals surface area contributed by atoms with Gasteiger partial charge in [0.25, 0.3) is 0 Å². The van der Waals surface area contributed by atoms with Gasteiger partial charge in [-0.25, -0.2) is 0 Å². The Bertz CT molecular complexity index is 741. The molecule has 0 spiro atoms. The second-order valence-corrected chi connectivity index (χ2v) is 7.33. The number of rotatable bonds is 4. The number of aryl methyl sites for hydroxylation is 2. The largest absolute Gasteiger partial charge is 0.326 e. The van der Waals surface area contributed by atoms with E-state index >= 15 is 0 Å². The molecule has 2 N–H and O–H groups in total. The van der Waals surface area contributed by atoms with Crippen molar-refractivity contribution in [1.82, 2.24) is 0 Å². The first-order chi connectivity index (χ1) is 11.8. The molecule has 2 unspecified atom stereocenters. The third-order valence-corrected chi connectivity index (χ3v) is 4.52. The van der Waals surface area contributed by atoms with Crippen LogP contribution in [-0.2, 0) is 9.59 Å². The lowest BCUT2D eigenvalue weighted by Gasteiger charge is -2.08. The molecule has 0 aliphatic heterocycles. The Hall–Kier alpha value is -2.04. The highest BCUT2D eigenvalue weighted by molar-refractivity contribution is 6.35. The van der Waals surface area contributed by atoms with E-state index in [4.69, 9.17) is 23.2 Å². The van der Waals surface area contributed by atoms with Crippen LogP contribution in [0.4, 0.5) is 11.4 Å². The van der Waals surface area contributed by atoms with E-state index in [1.165, 1.54) is 0 Å². The van der Waals surface area contributed by atoms with Crippen LogP contribution in [0.25, 0.3) is 0 Å². The second kappa shape index (κ2) is 7.06. The molecule has 0 heterocycles. The molecule has 2 amide bonds. The topological polar surface area (TPSA) is 58.2 Å². The summed E-state index contributed by atoms with van der Waals surface area (Å²) in [6, 6.07) is 10.7. The molecule has 1 aliphatic rings. The van der Waals surface area contributed by atoms with Gasteiger partial charge in [0.2, 0.25) is 11.8 Å². The van der Waals surface area contributed by atoms with Crippen molar-refractivity contribution in [3.63, 3.8) is 0 Å². The van der Waals surface area contributed by atoms with E-state index < -0.39 is 0 Å². The number of nitrogens with one attached hydrogen (secondary N) is 2. The minimum Gasteiger partial charge on any atom is -0.326 e. The van der Waals surface area contributed by atoms with Crippen molar-refractivity contribution >= 4 is 46.4 Å². The summed E-state index contributed by atoms with van der Waals surface area (Å²) < 4.78 is 0. The summed E-state index contributed by atoms with van der Waals surface area (Å²) in [5.74, 6) is -0.965. The third-order valence-electron chi connectivity index (χ3n) is 4.08. The summed E-state index contributed by atoms with van der Waals surface area (Å²) in [4.78, 5) is 24.6. The van der Waals surface area contributed by atoms with E-state index in [1.54, 1.807) is 18.2 Å². The highest BCUT2D eigenvalue weighted by Crippen LogP contribution is 2.40. The fraction of sp³-hybridized carbons (Fsp3) is 0.263. The zero-order chi connectivity index (χ0) is 18.1. The maximum Gasteiger partial charge on any atom is 0.228 e. The number of carbonyl (C=O) groups excluding carboxylic acids is 2. The molecule has 2 aromatic carbocycles. The molecule has 2 atom stereocenters. The molecule has 1 fully saturated rings. The highest BCUT2D eigenvalue weighted by atomic mass is 35.5. The number of hydrogen-bond donors (Lipinski definition) is 2. The maximum absolute atomic E-state index is 12.3. The predicted molar refractivity (Wildman–Crippen MR) is 101 cm³/mol. The molecule has 4 nitrogen and oxygen atoms in total. The van der Waals surface area contributed by atoms with Gasteiger partial charge in [-0.1, -0.05) is 29.3 Å². The van der Waals surface area contributed by atoms with Gasteiger partial charge < -0.3 is 10.6 Å². The van der Waals surface area contributed by atoms with Crippen LogP contribution in [0.2, 0.25) is 10.0 Å². The van der Waals surface area contributed by atoms with E-state index in [9.17, 15) is 9.59 Å². The van der Waals surface area contributed by atoms with E-state index in [2.05, 4.69) is 10.6 Å². The van der Waals surface area contributed by atoms with Crippen molar-refractivity contribution < 1.29 is 9.59 Å². The zero-order valence-electron chi connectivity index (χ0n) is 13.9. The molecule has 0 aromatic heterocycles. The van der Waals surface area contributed by atoms with Gasteiger partial charge in [0.1, 0.15) is 0 Å².